The molecule has 1 N–H and O–H groups in total. The monoisotopic (exact) mass is 384 g/mol. The topological polar surface area (TPSA) is 94.6 Å². The number of benzene rings is 2. The normalized spacial score (nSPS) is 10.9. The molecule has 138 valence electrons. The van der Waals surface area contributed by atoms with Crippen molar-refractivity contribution >= 4 is 21.7 Å². The Balaban J connectivity index is 1.85. The minimum absolute atomic E-state index is 0.0485. The highest BCUT2D eigenvalue weighted by atomic mass is 32.2. The van der Waals surface area contributed by atoms with E-state index >= 15 is 0 Å². The van der Waals surface area contributed by atoms with E-state index in [1.165, 1.54) is 55.9 Å². The van der Waals surface area contributed by atoms with Crippen LogP contribution in [0.1, 0.15) is 10.4 Å². The van der Waals surface area contributed by atoms with Crippen molar-refractivity contribution in [2.45, 2.75) is 4.90 Å². The van der Waals surface area contributed by atoms with Crippen LogP contribution in [0, 0.1) is 0 Å². The number of hydrogen-bond donors (Lipinski definition) is 1. The molecule has 0 aliphatic heterocycles. The van der Waals surface area contributed by atoms with Gasteiger partial charge in [-0.05, 0) is 48.5 Å². The molecule has 1 aromatic heterocycles. The van der Waals surface area contributed by atoms with Gasteiger partial charge in [-0.15, -0.1) is 0 Å². The van der Waals surface area contributed by atoms with Crippen LogP contribution in [0.15, 0.2) is 78.0 Å². The van der Waals surface area contributed by atoms with Crippen molar-refractivity contribution in [3.05, 3.63) is 78.6 Å². The predicted octanol–water partition coefficient (Wildman–Crippen LogP) is 3.11. The van der Waals surface area contributed by atoms with E-state index in [2.05, 4.69) is 10.3 Å². The number of pyridine rings is 1. The molecule has 0 saturated heterocycles. The van der Waals surface area contributed by atoms with E-state index in [1.807, 2.05) is 0 Å². The van der Waals surface area contributed by atoms with Gasteiger partial charge in [-0.1, -0.05) is 12.1 Å². The van der Waals surface area contributed by atoms with E-state index in [4.69, 9.17) is 8.92 Å². The zero-order chi connectivity index (χ0) is 19.3. The SMILES string of the molecule is COc1ccc(S(=O)(=O)Oc2ccccc2C(=O)Nc2ccncc2)cc1. The molecule has 0 bridgehead atoms. The van der Waals surface area contributed by atoms with Gasteiger partial charge in [0.25, 0.3) is 5.91 Å². The van der Waals surface area contributed by atoms with Crippen LogP contribution < -0.4 is 14.2 Å². The minimum Gasteiger partial charge on any atom is -0.497 e. The third-order valence-corrected chi connectivity index (χ3v) is 4.87. The van der Waals surface area contributed by atoms with Crippen LogP contribution in [0.3, 0.4) is 0 Å². The minimum atomic E-state index is -4.11. The highest BCUT2D eigenvalue weighted by molar-refractivity contribution is 7.87. The standard InChI is InChI=1S/C19H16N2O5S/c1-25-15-6-8-16(9-7-15)27(23,24)26-18-5-3-2-4-17(18)19(22)21-14-10-12-20-13-11-14/h2-13H,1H3,(H,20,21,22). The van der Waals surface area contributed by atoms with Crippen LogP contribution in [0.5, 0.6) is 11.5 Å². The Bertz CT molecular complexity index is 1040. The van der Waals surface area contributed by atoms with Crippen molar-refractivity contribution < 1.29 is 22.1 Å². The lowest BCUT2D eigenvalue weighted by Gasteiger charge is -2.12. The summed E-state index contributed by atoms with van der Waals surface area (Å²) in [7, 11) is -2.63. The quantitative estimate of drug-likeness (QED) is 0.656. The molecule has 1 amide bonds. The summed E-state index contributed by atoms with van der Waals surface area (Å²) >= 11 is 0. The third kappa shape index (κ3) is 4.42. The number of methoxy groups -OCH3 is 1. The Morgan fingerprint density at radius 1 is 0.963 bits per heavy atom. The molecule has 1 heterocycles. The number of amides is 1. The van der Waals surface area contributed by atoms with Gasteiger partial charge in [0.2, 0.25) is 0 Å². The van der Waals surface area contributed by atoms with Gasteiger partial charge in [0.05, 0.1) is 12.7 Å². The summed E-state index contributed by atoms with van der Waals surface area (Å²) in [6.07, 6.45) is 3.07. The smallest absolute Gasteiger partial charge is 0.339 e. The van der Waals surface area contributed by atoms with Crippen molar-refractivity contribution in [3.8, 4) is 11.5 Å². The highest BCUT2D eigenvalue weighted by Crippen LogP contribution is 2.25. The lowest BCUT2D eigenvalue weighted by molar-refractivity contribution is 0.102. The van der Waals surface area contributed by atoms with Gasteiger partial charge in [-0.2, -0.15) is 8.42 Å². The lowest BCUT2D eigenvalue weighted by Crippen LogP contribution is -2.16. The Kier molecular flexibility index (Phi) is 5.37. The number of aromatic nitrogens is 1. The number of hydrogen-bond acceptors (Lipinski definition) is 6. The first kappa shape index (κ1) is 18.4. The summed E-state index contributed by atoms with van der Waals surface area (Å²) < 4.78 is 35.3. The van der Waals surface area contributed by atoms with Crippen molar-refractivity contribution in [1.29, 1.82) is 0 Å². The number of carbonyl (C=O) groups excluding carboxylic acids is 1. The van der Waals surface area contributed by atoms with Crippen LogP contribution in [-0.2, 0) is 10.1 Å². The maximum atomic E-state index is 12.5. The molecule has 0 aliphatic rings. The van der Waals surface area contributed by atoms with Gasteiger partial charge >= 0.3 is 10.1 Å². The first-order valence-corrected chi connectivity index (χ1v) is 9.29. The molecule has 7 nitrogen and oxygen atoms in total. The zero-order valence-corrected chi connectivity index (χ0v) is 15.1. The molecule has 0 unspecified atom stereocenters. The van der Waals surface area contributed by atoms with E-state index < -0.39 is 16.0 Å². The Morgan fingerprint density at radius 3 is 2.30 bits per heavy atom. The largest absolute Gasteiger partial charge is 0.497 e. The molecule has 0 fully saturated rings. The van der Waals surface area contributed by atoms with Crippen LogP contribution in [0.2, 0.25) is 0 Å². The third-order valence-electron chi connectivity index (χ3n) is 3.62. The first-order chi connectivity index (χ1) is 13.0. The molecule has 0 spiro atoms. The average molecular weight is 384 g/mol. The number of rotatable bonds is 6. The van der Waals surface area contributed by atoms with Crippen LogP contribution in [0.25, 0.3) is 0 Å². The second-order valence-corrected chi connectivity index (χ2v) is 6.95. The fourth-order valence-corrected chi connectivity index (χ4v) is 3.22. The molecular weight excluding hydrogens is 368 g/mol. The number of carbonyl (C=O) groups is 1. The number of nitrogens with one attached hydrogen (secondary N) is 1. The molecule has 27 heavy (non-hydrogen) atoms. The fraction of sp³-hybridized carbons (Fsp3) is 0.0526. The number of nitrogens with zero attached hydrogens (tertiary/aromatic N) is 1. The van der Waals surface area contributed by atoms with E-state index in [9.17, 15) is 13.2 Å². The van der Waals surface area contributed by atoms with E-state index in [1.54, 1.807) is 24.3 Å². The molecule has 0 aliphatic carbocycles. The highest BCUT2D eigenvalue weighted by Gasteiger charge is 2.21. The average Bonchev–Trinajstić information content (AvgIpc) is 2.69. The van der Waals surface area contributed by atoms with E-state index in [0.29, 0.717) is 11.4 Å². The molecule has 0 saturated carbocycles. The molecule has 0 atom stereocenters. The summed E-state index contributed by atoms with van der Waals surface area (Å²) in [5.74, 6) is -0.0484. The zero-order valence-electron chi connectivity index (χ0n) is 14.3. The van der Waals surface area contributed by atoms with Crippen molar-refractivity contribution in [3.63, 3.8) is 0 Å². The lowest BCUT2D eigenvalue weighted by atomic mass is 10.2. The Labute approximate surface area is 156 Å². The van der Waals surface area contributed by atoms with Crippen molar-refractivity contribution in [2.24, 2.45) is 0 Å². The van der Waals surface area contributed by atoms with Crippen molar-refractivity contribution in [1.82, 2.24) is 4.98 Å². The molecule has 8 heteroatoms. The van der Waals surface area contributed by atoms with Gasteiger partial charge in [0, 0.05) is 18.1 Å². The Morgan fingerprint density at radius 2 is 1.63 bits per heavy atom. The first-order valence-electron chi connectivity index (χ1n) is 7.88. The Hall–Kier alpha value is -3.39. The van der Waals surface area contributed by atoms with Gasteiger partial charge < -0.3 is 14.2 Å². The van der Waals surface area contributed by atoms with E-state index in [0.717, 1.165) is 0 Å². The molecule has 3 aromatic rings. The van der Waals surface area contributed by atoms with Gasteiger partial charge in [-0.25, -0.2) is 0 Å². The predicted molar refractivity (Wildman–Crippen MR) is 99.4 cm³/mol. The number of anilines is 1. The summed E-state index contributed by atoms with van der Waals surface area (Å²) in [5.41, 5.74) is 0.620. The van der Waals surface area contributed by atoms with E-state index in [-0.39, 0.29) is 16.2 Å². The van der Waals surface area contributed by atoms with Crippen LogP contribution in [0.4, 0.5) is 5.69 Å². The molecule has 0 radical (unpaired) electrons. The second-order valence-electron chi connectivity index (χ2n) is 5.40. The summed E-state index contributed by atoms with van der Waals surface area (Å²) in [4.78, 5) is 16.3. The summed E-state index contributed by atoms with van der Waals surface area (Å²) in [5, 5.41) is 2.67. The summed E-state index contributed by atoms with van der Waals surface area (Å²) in [6.45, 7) is 0. The summed E-state index contributed by atoms with van der Waals surface area (Å²) in [6, 6.07) is 15.1. The van der Waals surface area contributed by atoms with Crippen LogP contribution in [-0.4, -0.2) is 26.4 Å². The van der Waals surface area contributed by atoms with Crippen molar-refractivity contribution in [2.75, 3.05) is 12.4 Å². The second kappa shape index (κ2) is 7.88. The van der Waals surface area contributed by atoms with Gasteiger partial charge in [0.15, 0.2) is 5.75 Å². The maximum absolute atomic E-state index is 12.5. The maximum Gasteiger partial charge on any atom is 0.339 e. The van der Waals surface area contributed by atoms with Gasteiger partial charge in [0.1, 0.15) is 10.6 Å². The number of ether oxygens (including phenoxy) is 1. The molecular formula is C19H16N2O5S. The fourth-order valence-electron chi connectivity index (χ4n) is 2.27. The molecule has 2 aromatic carbocycles. The van der Waals surface area contributed by atoms with Crippen LogP contribution >= 0.6 is 0 Å². The van der Waals surface area contributed by atoms with Gasteiger partial charge in [-0.3, -0.25) is 9.78 Å². The molecule has 3 rings (SSSR count). The number of para-hydroxylation sites is 1.